The number of halogens is 16. The molecule has 0 nitrogen and oxygen atoms in total. The lowest BCUT2D eigenvalue weighted by Crippen LogP contribution is -2.53. The fraction of sp³-hybridized carbons (Fsp3) is 0.750. The Kier molecular flexibility index (Phi) is 5.25. The maximum Gasteiger partial charge on any atom is 0.457 e. The zero-order valence-corrected chi connectivity index (χ0v) is 10.0. The molecule has 0 bridgehead atoms. The largest absolute Gasteiger partial charge is 0.457 e. The topological polar surface area (TPSA) is 0 Å². The summed E-state index contributed by atoms with van der Waals surface area (Å²) in [6.45, 7) is 0. The summed E-state index contributed by atoms with van der Waals surface area (Å²) in [6.07, 6.45) is -30.1. The van der Waals surface area contributed by atoms with Gasteiger partial charge in [-0.2, -0.15) is 70.2 Å². The van der Waals surface area contributed by atoms with Crippen LogP contribution in [0.25, 0.3) is 0 Å². The van der Waals surface area contributed by atoms with Crippen LogP contribution in [0.3, 0.4) is 0 Å². The van der Waals surface area contributed by atoms with Crippen molar-refractivity contribution in [3.05, 3.63) is 11.1 Å². The zero-order valence-electron chi connectivity index (χ0n) is 10.0. The number of hydrogen-bond acceptors (Lipinski definition) is 0. The Morgan fingerprint density at radius 2 is 0.542 bits per heavy atom. The summed E-state index contributed by atoms with van der Waals surface area (Å²) < 4.78 is 195. The Morgan fingerprint density at radius 1 is 0.333 bits per heavy atom. The van der Waals surface area contributed by atoms with E-state index in [9.17, 15) is 70.2 Å². The third kappa shape index (κ3) is 3.99. The Labute approximate surface area is 119 Å². The SMILES string of the molecule is FC(F)(F)C(=C(C(F)(F)C(F)(F)F)C(F)(F)C(F)(F)F)C(F)(F)F. The van der Waals surface area contributed by atoms with E-state index in [2.05, 4.69) is 0 Å². The Morgan fingerprint density at radius 3 is 0.667 bits per heavy atom. The van der Waals surface area contributed by atoms with Gasteiger partial charge in [-0.05, 0) is 0 Å². The van der Waals surface area contributed by atoms with E-state index in [1.165, 1.54) is 0 Å². The second kappa shape index (κ2) is 5.57. The molecular formula is C8F16. The minimum absolute atomic E-state index is 5.31. The zero-order chi connectivity index (χ0) is 20.2. The van der Waals surface area contributed by atoms with Gasteiger partial charge in [-0.25, -0.2) is 0 Å². The molecule has 0 aliphatic heterocycles. The van der Waals surface area contributed by atoms with Gasteiger partial charge in [0.1, 0.15) is 11.1 Å². The second-order valence-corrected chi connectivity index (χ2v) is 3.89. The quantitative estimate of drug-likeness (QED) is 0.406. The normalized spacial score (nSPS) is 15.5. The molecule has 0 heterocycles. The lowest BCUT2D eigenvalue weighted by Gasteiger charge is -2.32. The van der Waals surface area contributed by atoms with E-state index >= 15 is 0 Å². The first-order valence-electron chi connectivity index (χ1n) is 4.77. The van der Waals surface area contributed by atoms with Crippen LogP contribution in [0, 0.1) is 0 Å². The van der Waals surface area contributed by atoms with Gasteiger partial charge in [0.2, 0.25) is 0 Å². The molecule has 0 fully saturated rings. The molecule has 0 unspecified atom stereocenters. The van der Waals surface area contributed by atoms with Crippen molar-refractivity contribution < 1.29 is 70.2 Å². The molecule has 16 heteroatoms. The maximum atomic E-state index is 12.8. The van der Waals surface area contributed by atoms with Gasteiger partial charge in [0.15, 0.2) is 0 Å². The van der Waals surface area contributed by atoms with E-state index in [-0.39, 0.29) is 0 Å². The lowest BCUT2D eigenvalue weighted by molar-refractivity contribution is -0.312. The van der Waals surface area contributed by atoms with Crippen LogP contribution in [0.15, 0.2) is 11.1 Å². The Balaban J connectivity index is 7.33. The monoisotopic (exact) mass is 400 g/mol. The van der Waals surface area contributed by atoms with Crippen molar-refractivity contribution in [2.24, 2.45) is 0 Å². The highest BCUT2D eigenvalue weighted by atomic mass is 19.4. The van der Waals surface area contributed by atoms with Crippen LogP contribution in [0.4, 0.5) is 70.2 Å². The van der Waals surface area contributed by atoms with Crippen molar-refractivity contribution >= 4 is 0 Å². The van der Waals surface area contributed by atoms with Gasteiger partial charge >= 0.3 is 36.6 Å². The molecule has 0 amide bonds. The van der Waals surface area contributed by atoms with Crippen LogP contribution in [-0.2, 0) is 0 Å². The standard InChI is InChI=1S/C8F16/c9-3(10,7(19,20)21)1(4(11,12)8(22,23)24)2(5(13,14)15)6(16,17)18. The molecule has 0 aromatic rings. The van der Waals surface area contributed by atoms with Crippen molar-refractivity contribution in [2.75, 3.05) is 0 Å². The first-order chi connectivity index (χ1) is 9.99. The second-order valence-electron chi connectivity index (χ2n) is 3.89. The highest BCUT2D eigenvalue weighted by Gasteiger charge is 2.77. The third-order valence-electron chi connectivity index (χ3n) is 2.16. The van der Waals surface area contributed by atoms with E-state index in [1.807, 2.05) is 0 Å². The average molecular weight is 400 g/mol. The fourth-order valence-electron chi connectivity index (χ4n) is 1.24. The van der Waals surface area contributed by atoms with Gasteiger partial charge in [-0.3, -0.25) is 0 Å². The smallest absolute Gasteiger partial charge is 0.191 e. The Bertz CT molecular complexity index is 446. The van der Waals surface area contributed by atoms with Gasteiger partial charge in [-0.1, -0.05) is 0 Å². The van der Waals surface area contributed by atoms with Gasteiger partial charge in [0.25, 0.3) is 0 Å². The molecule has 0 saturated heterocycles. The minimum atomic E-state index is -7.80. The number of rotatable bonds is 2. The van der Waals surface area contributed by atoms with Crippen molar-refractivity contribution in [1.29, 1.82) is 0 Å². The number of alkyl halides is 16. The lowest BCUT2D eigenvalue weighted by atomic mass is 9.93. The van der Waals surface area contributed by atoms with Gasteiger partial charge in [0, 0.05) is 0 Å². The highest BCUT2D eigenvalue weighted by Crippen LogP contribution is 2.57. The van der Waals surface area contributed by atoms with Crippen LogP contribution < -0.4 is 0 Å². The van der Waals surface area contributed by atoms with Gasteiger partial charge in [-0.15, -0.1) is 0 Å². The van der Waals surface area contributed by atoms with E-state index in [0.717, 1.165) is 0 Å². The molecule has 144 valence electrons. The van der Waals surface area contributed by atoms with Gasteiger partial charge < -0.3 is 0 Å². The van der Waals surface area contributed by atoms with Gasteiger partial charge in [0.05, 0.1) is 0 Å². The first kappa shape index (κ1) is 22.6. The van der Waals surface area contributed by atoms with Crippen LogP contribution >= 0.6 is 0 Å². The summed E-state index contributed by atoms with van der Waals surface area (Å²) in [5.74, 6) is -15.6. The molecule has 0 aliphatic rings. The maximum absolute atomic E-state index is 12.8. The van der Waals surface area contributed by atoms with Crippen molar-refractivity contribution in [1.82, 2.24) is 0 Å². The average Bonchev–Trinajstić information content (AvgIpc) is 2.17. The summed E-state index contributed by atoms with van der Waals surface area (Å²) in [6, 6.07) is 0. The minimum Gasteiger partial charge on any atom is -0.191 e. The molecule has 0 radical (unpaired) electrons. The summed E-state index contributed by atoms with van der Waals surface area (Å²) in [5, 5.41) is 0. The summed E-state index contributed by atoms with van der Waals surface area (Å²) in [7, 11) is 0. The van der Waals surface area contributed by atoms with Crippen LogP contribution in [0.2, 0.25) is 0 Å². The fourth-order valence-corrected chi connectivity index (χ4v) is 1.24. The summed E-state index contributed by atoms with van der Waals surface area (Å²) >= 11 is 0. The van der Waals surface area contributed by atoms with E-state index in [4.69, 9.17) is 0 Å². The number of allylic oxidation sites excluding steroid dienone is 2. The summed E-state index contributed by atoms with van der Waals surface area (Å²) in [4.78, 5) is 0. The molecule has 0 spiro atoms. The molecule has 0 aromatic carbocycles. The molecule has 0 N–H and O–H groups in total. The molecular weight excluding hydrogens is 400 g/mol. The number of hydrogen-bond donors (Lipinski definition) is 0. The van der Waals surface area contributed by atoms with E-state index < -0.39 is 47.7 Å². The molecule has 0 saturated carbocycles. The molecule has 0 rings (SSSR count). The molecule has 24 heavy (non-hydrogen) atoms. The van der Waals surface area contributed by atoms with Crippen LogP contribution in [0.1, 0.15) is 0 Å². The van der Waals surface area contributed by atoms with E-state index in [0.29, 0.717) is 0 Å². The molecule has 0 aliphatic carbocycles. The highest BCUT2D eigenvalue weighted by molar-refractivity contribution is 5.37. The van der Waals surface area contributed by atoms with E-state index in [1.54, 1.807) is 0 Å². The van der Waals surface area contributed by atoms with Crippen molar-refractivity contribution in [3.63, 3.8) is 0 Å². The first-order valence-corrected chi connectivity index (χ1v) is 4.77. The van der Waals surface area contributed by atoms with Crippen molar-refractivity contribution in [3.8, 4) is 0 Å². The molecule has 0 atom stereocenters. The predicted octanol–water partition coefficient (Wildman–Crippen LogP) is 5.80. The van der Waals surface area contributed by atoms with Crippen molar-refractivity contribution in [2.45, 2.75) is 36.6 Å². The molecule has 0 aromatic heterocycles. The summed E-state index contributed by atoms with van der Waals surface area (Å²) in [5.41, 5.74) is -10.8. The third-order valence-corrected chi connectivity index (χ3v) is 2.16. The predicted molar refractivity (Wildman–Crippen MR) is 41.1 cm³/mol. The van der Waals surface area contributed by atoms with Crippen LogP contribution in [-0.4, -0.2) is 36.6 Å². The Hall–Kier alpha value is -1.38. The van der Waals surface area contributed by atoms with Crippen LogP contribution in [0.5, 0.6) is 0 Å².